The Labute approximate surface area is 164 Å². The van der Waals surface area contributed by atoms with Crippen molar-refractivity contribution in [2.45, 2.75) is 52.4 Å². The lowest BCUT2D eigenvalue weighted by molar-refractivity contribution is -0.126. The fourth-order valence-electron chi connectivity index (χ4n) is 3.51. The summed E-state index contributed by atoms with van der Waals surface area (Å²) in [7, 11) is 2.03. The van der Waals surface area contributed by atoms with Gasteiger partial charge in [-0.25, -0.2) is 0 Å². The highest BCUT2D eigenvalue weighted by Gasteiger charge is 2.28. The van der Waals surface area contributed by atoms with Gasteiger partial charge in [-0.05, 0) is 50.5 Å². The van der Waals surface area contributed by atoms with Crippen molar-refractivity contribution in [1.82, 2.24) is 10.2 Å². The van der Waals surface area contributed by atoms with E-state index >= 15 is 0 Å². The average molecular weight is 374 g/mol. The van der Waals surface area contributed by atoms with Crippen molar-refractivity contribution in [3.8, 4) is 0 Å². The van der Waals surface area contributed by atoms with Crippen molar-refractivity contribution in [3.05, 3.63) is 29.8 Å². The minimum absolute atomic E-state index is 0.0288. The largest absolute Gasteiger partial charge is 0.375 e. The van der Waals surface area contributed by atoms with Crippen LogP contribution in [0.1, 0.15) is 62.7 Å². The van der Waals surface area contributed by atoms with Crippen LogP contribution in [0.2, 0.25) is 0 Å². The Morgan fingerprint density at radius 1 is 1.15 bits per heavy atom. The van der Waals surface area contributed by atoms with Gasteiger partial charge in [0.1, 0.15) is 0 Å². The maximum atomic E-state index is 12.8. The van der Waals surface area contributed by atoms with Crippen LogP contribution in [0.3, 0.4) is 0 Å². The highest BCUT2D eigenvalue weighted by molar-refractivity contribution is 5.95. The lowest BCUT2D eigenvalue weighted by Gasteiger charge is -2.32. The summed E-state index contributed by atoms with van der Waals surface area (Å²) in [4.78, 5) is 29.2. The number of benzene rings is 1. The number of hydrogen-bond donors (Lipinski definition) is 1. The number of amides is 2. The smallest absolute Gasteiger partial charge is 0.253 e. The van der Waals surface area contributed by atoms with E-state index in [4.69, 9.17) is 0 Å². The summed E-state index contributed by atoms with van der Waals surface area (Å²) in [6, 6.07) is 7.75. The normalized spacial score (nSPS) is 16.9. The summed E-state index contributed by atoms with van der Waals surface area (Å²) in [5.41, 5.74) is 1.80. The molecule has 1 heterocycles. The molecule has 0 bridgehead atoms. The maximum absolute atomic E-state index is 12.8. The van der Waals surface area contributed by atoms with E-state index in [1.165, 1.54) is 12.8 Å². The number of piperidine rings is 1. The number of carbonyl (C=O) groups excluding carboxylic acids is 2. The molecule has 0 spiro atoms. The first-order valence-electron chi connectivity index (χ1n) is 10.4. The number of anilines is 1. The molecule has 5 nitrogen and oxygen atoms in total. The second-order valence-electron chi connectivity index (χ2n) is 7.50. The molecule has 1 aliphatic heterocycles. The Bertz CT molecular complexity index is 600. The molecule has 27 heavy (non-hydrogen) atoms. The average Bonchev–Trinajstić information content (AvgIpc) is 2.72. The molecule has 1 aromatic carbocycles. The van der Waals surface area contributed by atoms with E-state index in [9.17, 15) is 9.59 Å². The molecule has 1 unspecified atom stereocenters. The minimum Gasteiger partial charge on any atom is -0.375 e. The van der Waals surface area contributed by atoms with Crippen LogP contribution >= 0.6 is 0 Å². The standard InChI is InChI=1S/C22H35N3O2/c1-4-6-7-8-15-23-21(26)19-10-9-16-25(17-19)22(27)18-11-13-20(14-12-18)24(3)5-2/h11-14,19H,4-10,15-17H2,1-3H3,(H,23,26). The number of likely N-dealkylation sites (tertiary alicyclic amines) is 1. The van der Waals surface area contributed by atoms with Gasteiger partial charge in [0.15, 0.2) is 0 Å². The third kappa shape index (κ3) is 6.26. The van der Waals surface area contributed by atoms with Crippen LogP contribution in [-0.2, 0) is 4.79 Å². The van der Waals surface area contributed by atoms with Crippen molar-refractivity contribution in [1.29, 1.82) is 0 Å². The molecule has 1 aromatic rings. The summed E-state index contributed by atoms with van der Waals surface area (Å²) in [6.45, 7) is 7.21. The molecule has 150 valence electrons. The van der Waals surface area contributed by atoms with Crippen molar-refractivity contribution >= 4 is 17.5 Å². The molecule has 2 amide bonds. The Balaban J connectivity index is 1.87. The van der Waals surface area contributed by atoms with Gasteiger partial charge in [-0.2, -0.15) is 0 Å². The fraction of sp³-hybridized carbons (Fsp3) is 0.636. The minimum atomic E-state index is -0.0839. The lowest BCUT2D eigenvalue weighted by Crippen LogP contribution is -2.45. The molecular weight excluding hydrogens is 338 g/mol. The van der Waals surface area contributed by atoms with E-state index in [-0.39, 0.29) is 17.7 Å². The highest BCUT2D eigenvalue weighted by atomic mass is 16.2. The number of nitrogens with one attached hydrogen (secondary N) is 1. The predicted octanol–water partition coefficient (Wildman–Crippen LogP) is 3.69. The van der Waals surface area contributed by atoms with Gasteiger partial charge in [-0.1, -0.05) is 26.2 Å². The monoisotopic (exact) mass is 373 g/mol. The molecule has 1 fully saturated rings. The van der Waals surface area contributed by atoms with Gasteiger partial charge in [-0.3, -0.25) is 9.59 Å². The van der Waals surface area contributed by atoms with Crippen molar-refractivity contribution in [2.75, 3.05) is 38.1 Å². The molecule has 1 N–H and O–H groups in total. The first-order chi connectivity index (χ1) is 13.1. The molecule has 0 aliphatic carbocycles. The second kappa shape index (κ2) is 11.0. The van der Waals surface area contributed by atoms with Crippen molar-refractivity contribution < 1.29 is 9.59 Å². The molecule has 1 aliphatic rings. The SMILES string of the molecule is CCCCCCNC(=O)C1CCCN(C(=O)c2ccc(N(C)CC)cc2)C1. The zero-order valence-electron chi connectivity index (χ0n) is 17.2. The molecule has 0 aromatic heterocycles. The van der Waals surface area contributed by atoms with E-state index in [1.54, 1.807) is 0 Å². The van der Waals surface area contributed by atoms with Gasteiger partial charge in [0.2, 0.25) is 5.91 Å². The van der Waals surface area contributed by atoms with Gasteiger partial charge in [-0.15, -0.1) is 0 Å². The second-order valence-corrected chi connectivity index (χ2v) is 7.50. The van der Waals surface area contributed by atoms with Crippen molar-refractivity contribution in [3.63, 3.8) is 0 Å². The molecule has 1 atom stereocenters. The van der Waals surface area contributed by atoms with E-state index in [0.717, 1.165) is 51.0 Å². The van der Waals surface area contributed by atoms with Crippen LogP contribution in [0.15, 0.2) is 24.3 Å². The summed E-state index contributed by atoms with van der Waals surface area (Å²) in [5, 5.41) is 3.05. The number of unbranched alkanes of at least 4 members (excludes halogenated alkanes) is 3. The summed E-state index contributed by atoms with van der Waals surface area (Å²) < 4.78 is 0. The number of nitrogens with zero attached hydrogens (tertiary/aromatic N) is 2. The van der Waals surface area contributed by atoms with Gasteiger partial charge in [0.25, 0.3) is 5.91 Å². The predicted molar refractivity (Wildman–Crippen MR) is 111 cm³/mol. The molecule has 0 radical (unpaired) electrons. The number of hydrogen-bond acceptors (Lipinski definition) is 3. The van der Waals surface area contributed by atoms with E-state index in [1.807, 2.05) is 36.2 Å². The Morgan fingerprint density at radius 2 is 1.89 bits per heavy atom. The zero-order chi connectivity index (χ0) is 19.6. The number of carbonyl (C=O) groups is 2. The fourth-order valence-corrected chi connectivity index (χ4v) is 3.51. The summed E-state index contributed by atoms with van der Waals surface area (Å²) in [5.74, 6) is 0.0458. The summed E-state index contributed by atoms with van der Waals surface area (Å²) in [6.07, 6.45) is 6.36. The lowest BCUT2D eigenvalue weighted by atomic mass is 9.96. The maximum Gasteiger partial charge on any atom is 0.253 e. The van der Waals surface area contributed by atoms with Gasteiger partial charge < -0.3 is 15.1 Å². The van der Waals surface area contributed by atoms with Crippen LogP contribution in [0.25, 0.3) is 0 Å². The van der Waals surface area contributed by atoms with Gasteiger partial charge in [0.05, 0.1) is 5.92 Å². The molecule has 2 rings (SSSR count). The van der Waals surface area contributed by atoms with Crippen LogP contribution in [-0.4, -0.2) is 49.9 Å². The molecule has 0 saturated carbocycles. The molecular formula is C22H35N3O2. The Morgan fingerprint density at radius 3 is 2.56 bits per heavy atom. The molecule has 1 saturated heterocycles. The Hall–Kier alpha value is -2.04. The first-order valence-corrected chi connectivity index (χ1v) is 10.4. The van der Waals surface area contributed by atoms with Crippen LogP contribution < -0.4 is 10.2 Å². The van der Waals surface area contributed by atoms with Crippen LogP contribution in [0.5, 0.6) is 0 Å². The Kier molecular flexibility index (Phi) is 8.62. The van der Waals surface area contributed by atoms with E-state index < -0.39 is 0 Å². The van der Waals surface area contributed by atoms with Crippen LogP contribution in [0.4, 0.5) is 5.69 Å². The highest BCUT2D eigenvalue weighted by Crippen LogP contribution is 2.20. The quantitative estimate of drug-likeness (QED) is 0.672. The van der Waals surface area contributed by atoms with Crippen molar-refractivity contribution in [2.24, 2.45) is 5.92 Å². The topological polar surface area (TPSA) is 52.7 Å². The van der Waals surface area contributed by atoms with Gasteiger partial charge in [0, 0.05) is 44.5 Å². The van der Waals surface area contributed by atoms with Gasteiger partial charge >= 0.3 is 0 Å². The third-order valence-electron chi connectivity index (χ3n) is 5.44. The van der Waals surface area contributed by atoms with Crippen LogP contribution in [0, 0.1) is 5.92 Å². The summed E-state index contributed by atoms with van der Waals surface area (Å²) >= 11 is 0. The van der Waals surface area contributed by atoms with E-state index in [2.05, 4.69) is 24.1 Å². The third-order valence-corrected chi connectivity index (χ3v) is 5.44. The number of rotatable bonds is 9. The first kappa shape index (κ1) is 21.3. The zero-order valence-corrected chi connectivity index (χ0v) is 17.2. The van der Waals surface area contributed by atoms with E-state index in [0.29, 0.717) is 12.1 Å². The molecule has 5 heteroatoms.